The lowest BCUT2D eigenvalue weighted by atomic mass is 10.1. The van der Waals surface area contributed by atoms with Gasteiger partial charge in [-0.15, -0.1) is 11.3 Å². The maximum atomic E-state index is 12.6. The molecule has 0 aliphatic heterocycles. The minimum atomic E-state index is -0.638. The van der Waals surface area contributed by atoms with E-state index < -0.39 is 6.04 Å². The lowest BCUT2D eigenvalue weighted by Crippen LogP contribution is -2.31. The average molecular weight is 341 g/mol. The number of carbonyl (C=O) groups excluding carboxylic acids is 1. The van der Waals surface area contributed by atoms with Crippen LogP contribution in [-0.2, 0) is 11.2 Å². The fourth-order valence-corrected chi connectivity index (χ4v) is 3.37. The molecule has 0 unspecified atom stereocenters. The molecule has 3 rings (SSSR count). The Morgan fingerprint density at radius 3 is 2.71 bits per heavy atom. The summed E-state index contributed by atoms with van der Waals surface area (Å²) >= 11 is 1.48. The molecule has 1 aromatic carbocycles. The first-order valence-corrected chi connectivity index (χ1v) is 8.68. The van der Waals surface area contributed by atoms with Crippen LogP contribution in [0.2, 0.25) is 0 Å². The zero-order valence-electron chi connectivity index (χ0n) is 13.9. The van der Waals surface area contributed by atoms with E-state index >= 15 is 0 Å². The maximum absolute atomic E-state index is 12.6. The summed E-state index contributed by atoms with van der Waals surface area (Å²) in [4.78, 5) is 31.1. The summed E-state index contributed by atoms with van der Waals surface area (Å²) in [5.74, 6) is -0.241. The van der Waals surface area contributed by atoms with Gasteiger partial charge in [0.05, 0.1) is 11.7 Å². The molecule has 0 fully saturated rings. The standard InChI is InChI=1S/C18H19N3O2S/c1-4-13-5-7-14(8-6-13)20-16(22)12(3)21-10-19-17-15(18(21)23)9-11(2)24-17/h5-10,12H,4H2,1-3H3,(H,20,22)/t12-/m0/s1. The third-order valence-electron chi connectivity index (χ3n) is 4.03. The number of rotatable bonds is 4. The van der Waals surface area contributed by atoms with Gasteiger partial charge in [-0.1, -0.05) is 19.1 Å². The lowest BCUT2D eigenvalue weighted by molar-refractivity contribution is -0.118. The molecular weight excluding hydrogens is 322 g/mol. The molecule has 124 valence electrons. The van der Waals surface area contributed by atoms with Crippen LogP contribution in [0.25, 0.3) is 10.2 Å². The topological polar surface area (TPSA) is 64.0 Å². The highest BCUT2D eigenvalue weighted by Crippen LogP contribution is 2.20. The van der Waals surface area contributed by atoms with Crippen molar-refractivity contribution < 1.29 is 4.79 Å². The number of aromatic nitrogens is 2. The molecule has 1 N–H and O–H groups in total. The van der Waals surface area contributed by atoms with Crippen molar-refractivity contribution >= 4 is 33.1 Å². The Labute approximate surface area is 144 Å². The van der Waals surface area contributed by atoms with Crippen molar-refractivity contribution in [3.63, 3.8) is 0 Å². The molecule has 0 aliphatic rings. The number of benzene rings is 1. The monoisotopic (exact) mass is 341 g/mol. The highest BCUT2D eigenvalue weighted by Gasteiger charge is 2.18. The van der Waals surface area contributed by atoms with Crippen LogP contribution in [0, 0.1) is 6.92 Å². The second kappa shape index (κ2) is 6.57. The third-order valence-corrected chi connectivity index (χ3v) is 4.98. The summed E-state index contributed by atoms with van der Waals surface area (Å²) < 4.78 is 1.38. The highest BCUT2D eigenvalue weighted by molar-refractivity contribution is 7.18. The van der Waals surface area contributed by atoms with Gasteiger partial charge in [0.2, 0.25) is 5.91 Å². The molecule has 0 bridgehead atoms. The Morgan fingerprint density at radius 2 is 2.04 bits per heavy atom. The minimum Gasteiger partial charge on any atom is -0.324 e. The van der Waals surface area contributed by atoms with Crippen molar-refractivity contribution in [2.24, 2.45) is 0 Å². The second-order valence-electron chi connectivity index (χ2n) is 5.75. The SMILES string of the molecule is CCc1ccc(NC(=O)[C@H](C)n2cnc3sc(C)cc3c2=O)cc1. The molecule has 0 radical (unpaired) electrons. The first-order valence-electron chi connectivity index (χ1n) is 7.86. The number of nitrogens with zero attached hydrogens (tertiary/aromatic N) is 2. The summed E-state index contributed by atoms with van der Waals surface area (Å²) in [6.45, 7) is 5.72. The summed E-state index contributed by atoms with van der Waals surface area (Å²) in [6.07, 6.45) is 2.40. The summed E-state index contributed by atoms with van der Waals surface area (Å²) in [7, 11) is 0. The van der Waals surface area contributed by atoms with E-state index in [2.05, 4.69) is 17.2 Å². The normalized spacial score (nSPS) is 12.3. The zero-order valence-corrected chi connectivity index (χ0v) is 14.7. The number of amides is 1. The number of aryl methyl sites for hydroxylation is 2. The van der Waals surface area contributed by atoms with Crippen LogP contribution < -0.4 is 10.9 Å². The molecule has 6 heteroatoms. The molecule has 5 nitrogen and oxygen atoms in total. The molecule has 0 spiro atoms. The first-order chi connectivity index (χ1) is 11.5. The fraction of sp³-hybridized carbons (Fsp3) is 0.278. The van der Waals surface area contributed by atoms with Gasteiger partial charge in [-0.2, -0.15) is 0 Å². The molecule has 0 saturated carbocycles. The van der Waals surface area contributed by atoms with Crippen LogP contribution in [0.5, 0.6) is 0 Å². The minimum absolute atomic E-state index is 0.187. The van der Waals surface area contributed by atoms with Gasteiger partial charge in [-0.05, 0) is 44.0 Å². The molecular formula is C18H19N3O2S. The van der Waals surface area contributed by atoms with Gasteiger partial charge in [-0.3, -0.25) is 14.2 Å². The van der Waals surface area contributed by atoms with Crippen molar-refractivity contribution in [1.29, 1.82) is 0 Å². The van der Waals surface area contributed by atoms with Gasteiger partial charge >= 0.3 is 0 Å². The predicted molar refractivity (Wildman–Crippen MR) is 97.8 cm³/mol. The van der Waals surface area contributed by atoms with Gasteiger partial charge in [0, 0.05) is 10.6 Å². The largest absolute Gasteiger partial charge is 0.324 e. The van der Waals surface area contributed by atoms with Gasteiger partial charge in [0.15, 0.2) is 0 Å². The lowest BCUT2D eigenvalue weighted by Gasteiger charge is -2.15. The van der Waals surface area contributed by atoms with Crippen LogP contribution in [0.4, 0.5) is 5.69 Å². The Hall–Kier alpha value is -2.47. The fourth-order valence-electron chi connectivity index (χ4n) is 2.53. The smallest absolute Gasteiger partial charge is 0.262 e. The van der Waals surface area contributed by atoms with E-state index in [1.54, 1.807) is 6.92 Å². The maximum Gasteiger partial charge on any atom is 0.262 e. The van der Waals surface area contributed by atoms with E-state index in [0.29, 0.717) is 10.2 Å². The summed E-state index contributed by atoms with van der Waals surface area (Å²) in [6, 6.07) is 8.88. The van der Waals surface area contributed by atoms with Crippen LogP contribution in [0.15, 0.2) is 41.5 Å². The van der Waals surface area contributed by atoms with E-state index in [1.807, 2.05) is 37.3 Å². The molecule has 0 aliphatic carbocycles. The van der Waals surface area contributed by atoms with Crippen LogP contribution in [0.3, 0.4) is 0 Å². The quantitative estimate of drug-likeness (QED) is 0.789. The summed E-state index contributed by atoms with van der Waals surface area (Å²) in [5.41, 5.74) is 1.74. The molecule has 3 aromatic rings. The van der Waals surface area contributed by atoms with Gasteiger partial charge < -0.3 is 5.32 Å². The van der Waals surface area contributed by atoms with Crippen LogP contribution >= 0.6 is 11.3 Å². The van der Waals surface area contributed by atoms with Crippen molar-refractivity contribution in [1.82, 2.24) is 9.55 Å². The predicted octanol–water partition coefficient (Wildman–Crippen LogP) is 3.53. The molecule has 24 heavy (non-hydrogen) atoms. The van der Waals surface area contributed by atoms with Crippen molar-refractivity contribution in [2.75, 3.05) is 5.32 Å². The summed E-state index contributed by atoms with van der Waals surface area (Å²) in [5, 5.41) is 3.41. The molecule has 1 atom stereocenters. The van der Waals surface area contributed by atoms with Crippen LogP contribution in [-0.4, -0.2) is 15.5 Å². The van der Waals surface area contributed by atoms with E-state index in [0.717, 1.165) is 17.0 Å². The molecule has 2 aromatic heterocycles. The Kier molecular flexibility index (Phi) is 4.49. The van der Waals surface area contributed by atoms with Crippen LogP contribution in [0.1, 0.15) is 30.3 Å². The van der Waals surface area contributed by atoms with Gasteiger partial charge in [0.1, 0.15) is 10.9 Å². The Balaban J connectivity index is 1.84. The number of fused-ring (bicyclic) bond motifs is 1. The molecule has 2 heterocycles. The van der Waals surface area contributed by atoms with E-state index in [1.165, 1.54) is 27.8 Å². The van der Waals surface area contributed by atoms with E-state index in [9.17, 15) is 9.59 Å². The highest BCUT2D eigenvalue weighted by atomic mass is 32.1. The zero-order chi connectivity index (χ0) is 17.3. The van der Waals surface area contributed by atoms with Crippen molar-refractivity contribution in [3.8, 4) is 0 Å². The van der Waals surface area contributed by atoms with Gasteiger partial charge in [0.25, 0.3) is 5.56 Å². The molecule has 1 amide bonds. The molecule has 0 saturated heterocycles. The average Bonchev–Trinajstić information content (AvgIpc) is 2.97. The van der Waals surface area contributed by atoms with E-state index in [4.69, 9.17) is 0 Å². The number of thiophene rings is 1. The number of nitrogens with one attached hydrogen (secondary N) is 1. The van der Waals surface area contributed by atoms with E-state index in [-0.39, 0.29) is 11.5 Å². The number of hydrogen-bond donors (Lipinski definition) is 1. The Bertz CT molecular complexity index is 941. The Morgan fingerprint density at radius 1 is 1.33 bits per heavy atom. The number of hydrogen-bond acceptors (Lipinski definition) is 4. The van der Waals surface area contributed by atoms with Crippen molar-refractivity contribution in [3.05, 3.63) is 57.5 Å². The van der Waals surface area contributed by atoms with Crippen molar-refractivity contribution in [2.45, 2.75) is 33.2 Å². The third kappa shape index (κ3) is 3.10. The number of carbonyl (C=O) groups is 1. The van der Waals surface area contributed by atoms with Gasteiger partial charge in [-0.25, -0.2) is 4.98 Å². The first kappa shape index (κ1) is 16.4. The second-order valence-corrected chi connectivity index (χ2v) is 6.98. The number of anilines is 1.